The van der Waals surface area contributed by atoms with Crippen LogP contribution in [0.5, 0.6) is 0 Å². The fraction of sp³-hybridized carbons (Fsp3) is 0.458. The first-order valence-electron chi connectivity index (χ1n) is 11.5. The second kappa shape index (κ2) is 10.5. The van der Waals surface area contributed by atoms with Gasteiger partial charge in [0.2, 0.25) is 5.91 Å². The molecule has 3 aromatic rings. The Morgan fingerprint density at radius 3 is 2.82 bits per heavy atom. The summed E-state index contributed by atoms with van der Waals surface area (Å²) in [5, 5.41) is 17.2. The number of benzene rings is 1. The van der Waals surface area contributed by atoms with Gasteiger partial charge in [-0.25, -0.2) is 5.01 Å². The molecule has 3 heterocycles. The van der Waals surface area contributed by atoms with Gasteiger partial charge in [-0.05, 0) is 55.1 Å². The molecule has 0 bridgehead atoms. The molecule has 0 spiro atoms. The van der Waals surface area contributed by atoms with Crippen molar-refractivity contribution < 1.29 is 14.1 Å². The fourth-order valence-electron chi connectivity index (χ4n) is 4.06. The van der Waals surface area contributed by atoms with Crippen molar-refractivity contribution in [2.45, 2.75) is 33.9 Å². The van der Waals surface area contributed by atoms with Gasteiger partial charge < -0.3 is 20.1 Å². The number of hydrazine groups is 1. The van der Waals surface area contributed by atoms with E-state index in [2.05, 4.69) is 27.2 Å². The number of hydrogen-bond donors (Lipinski definition) is 2. The van der Waals surface area contributed by atoms with E-state index in [0.717, 1.165) is 47.5 Å². The largest absolute Gasteiger partial charge is 0.376 e. The Labute approximate surface area is 203 Å². The summed E-state index contributed by atoms with van der Waals surface area (Å²) in [4.78, 5) is 29.1. The van der Waals surface area contributed by atoms with E-state index in [9.17, 15) is 9.59 Å². The van der Waals surface area contributed by atoms with Crippen LogP contribution in [0.1, 0.15) is 28.6 Å². The van der Waals surface area contributed by atoms with Crippen LogP contribution in [0.15, 0.2) is 28.1 Å². The molecule has 1 aliphatic heterocycles. The third kappa shape index (κ3) is 5.24. The van der Waals surface area contributed by atoms with Crippen molar-refractivity contribution in [3.63, 3.8) is 0 Å². The smallest absolute Gasteiger partial charge is 0.256 e. The first-order valence-corrected chi connectivity index (χ1v) is 12.4. The third-order valence-corrected chi connectivity index (χ3v) is 7.16. The molecule has 0 saturated carbocycles. The quantitative estimate of drug-likeness (QED) is 0.428. The monoisotopic (exact) mass is 484 g/mol. The maximum Gasteiger partial charge on any atom is 0.256 e. The normalized spacial score (nSPS) is 13.3. The molecule has 9 nitrogen and oxygen atoms in total. The third-order valence-electron chi connectivity index (χ3n) is 6.22. The Bertz CT molecular complexity index is 1150. The maximum atomic E-state index is 13.1. The van der Waals surface area contributed by atoms with Crippen molar-refractivity contribution in [3.05, 3.63) is 45.3 Å². The lowest BCUT2D eigenvalue weighted by Gasteiger charge is -2.31. The second-order valence-electron chi connectivity index (χ2n) is 8.56. The van der Waals surface area contributed by atoms with Gasteiger partial charge in [0.1, 0.15) is 6.54 Å². The molecule has 1 aromatic carbocycles. The van der Waals surface area contributed by atoms with Gasteiger partial charge in [0.25, 0.3) is 5.91 Å². The number of fused-ring (bicyclic) bond motifs is 2. The number of anilines is 1. The Balaban J connectivity index is 1.39. The number of rotatable bonds is 10. The fourth-order valence-corrected chi connectivity index (χ4v) is 4.97. The van der Waals surface area contributed by atoms with Gasteiger partial charge in [-0.15, -0.1) is 11.3 Å². The summed E-state index contributed by atoms with van der Waals surface area (Å²) >= 11 is 1.71. The summed E-state index contributed by atoms with van der Waals surface area (Å²) in [6.45, 7) is 9.35. The molecule has 0 fully saturated rings. The van der Waals surface area contributed by atoms with Crippen LogP contribution < -0.4 is 10.6 Å². The number of nitrogens with zero attached hydrogens (tertiary/aromatic N) is 4. The van der Waals surface area contributed by atoms with Gasteiger partial charge in [0.05, 0.1) is 18.8 Å². The minimum atomic E-state index is -0.123. The second-order valence-corrected chi connectivity index (χ2v) is 9.56. The van der Waals surface area contributed by atoms with Crippen LogP contribution in [0.4, 0.5) is 5.69 Å². The van der Waals surface area contributed by atoms with Crippen LogP contribution in [0, 0.1) is 13.8 Å². The molecule has 182 valence electrons. The molecular formula is C24H32N6O3S. The predicted molar refractivity (Wildman–Crippen MR) is 133 cm³/mol. The van der Waals surface area contributed by atoms with Crippen LogP contribution in [-0.4, -0.2) is 71.7 Å². The lowest BCUT2D eigenvalue weighted by atomic mass is 10.1. The van der Waals surface area contributed by atoms with Gasteiger partial charge in [0, 0.05) is 42.6 Å². The van der Waals surface area contributed by atoms with E-state index in [4.69, 9.17) is 4.52 Å². The van der Waals surface area contributed by atoms with Gasteiger partial charge in [-0.2, -0.15) is 0 Å². The van der Waals surface area contributed by atoms with Crippen LogP contribution in [0.3, 0.4) is 0 Å². The Hall–Kier alpha value is -2.95. The van der Waals surface area contributed by atoms with Gasteiger partial charge in [-0.1, -0.05) is 12.1 Å². The Morgan fingerprint density at radius 1 is 1.24 bits per heavy atom. The number of aryl methyl sites for hydroxylation is 2. The van der Waals surface area contributed by atoms with Crippen molar-refractivity contribution in [1.82, 2.24) is 25.4 Å². The number of nitrogens with one attached hydrogen (secondary N) is 2. The van der Waals surface area contributed by atoms with E-state index >= 15 is 0 Å². The highest BCUT2D eigenvalue weighted by atomic mass is 32.1. The highest BCUT2D eigenvalue weighted by Crippen LogP contribution is 2.28. The molecule has 0 saturated heterocycles. The minimum absolute atomic E-state index is 0.0370. The molecule has 0 aliphatic carbocycles. The molecule has 2 aromatic heterocycles. The highest BCUT2D eigenvalue weighted by molar-refractivity contribution is 7.10. The minimum Gasteiger partial charge on any atom is -0.376 e. The molecule has 0 unspecified atom stereocenters. The first-order chi connectivity index (χ1) is 16.4. The number of carbonyl (C=O) groups is 2. The summed E-state index contributed by atoms with van der Waals surface area (Å²) in [6.07, 6.45) is 0. The van der Waals surface area contributed by atoms with Gasteiger partial charge in [0.15, 0.2) is 5.58 Å². The number of hydrogen-bond acceptors (Lipinski definition) is 8. The Kier molecular flexibility index (Phi) is 7.50. The van der Waals surface area contributed by atoms with E-state index in [1.807, 2.05) is 37.9 Å². The highest BCUT2D eigenvalue weighted by Gasteiger charge is 2.27. The molecular weight excluding hydrogens is 452 g/mol. The molecule has 1 aliphatic rings. The average Bonchev–Trinajstić information content (AvgIpc) is 3.51. The number of thiophene rings is 1. The van der Waals surface area contributed by atoms with Crippen molar-refractivity contribution in [2.24, 2.45) is 0 Å². The van der Waals surface area contributed by atoms with Gasteiger partial charge >= 0.3 is 0 Å². The van der Waals surface area contributed by atoms with Crippen molar-refractivity contribution in [2.75, 3.05) is 45.1 Å². The standard InChI is InChI=1S/C24H32N6O3S/c1-5-25-7-8-29(15-24(32)28(4)30-13-18-6-9-34-22(18)14-30)23(31)12-26-20-11-19-17(3)27-33-21(19)10-16(20)2/h6,9-11,25-26H,5,7-8,12-15H2,1-4H3. The summed E-state index contributed by atoms with van der Waals surface area (Å²) in [7, 11) is 1.78. The van der Waals surface area contributed by atoms with E-state index in [0.29, 0.717) is 13.1 Å². The summed E-state index contributed by atoms with van der Waals surface area (Å²) in [6, 6.07) is 5.98. The van der Waals surface area contributed by atoms with Crippen molar-refractivity contribution in [1.29, 1.82) is 0 Å². The molecule has 2 N–H and O–H groups in total. The average molecular weight is 485 g/mol. The molecule has 4 rings (SSSR count). The lowest BCUT2D eigenvalue weighted by molar-refractivity contribution is -0.151. The van der Waals surface area contributed by atoms with Gasteiger partial charge in [-0.3, -0.25) is 14.6 Å². The molecule has 2 amide bonds. The summed E-state index contributed by atoms with van der Waals surface area (Å²) in [5.41, 5.74) is 4.62. The Morgan fingerprint density at radius 2 is 2.06 bits per heavy atom. The van der Waals surface area contributed by atoms with Crippen LogP contribution in [0.25, 0.3) is 11.0 Å². The number of carbonyl (C=O) groups excluding carboxylic acids is 2. The van der Waals surface area contributed by atoms with E-state index in [1.165, 1.54) is 10.4 Å². The molecule has 10 heteroatoms. The summed E-state index contributed by atoms with van der Waals surface area (Å²) in [5.74, 6) is -0.223. The van der Waals surface area contributed by atoms with Crippen molar-refractivity contribution >= 4 is 39.8 Å². The zero-order valence-corrected chi connectivity index (χ0v) is 21.0. The maximum absolute atomic E-state index is 13.1. The topological polar surface area (TPSA) is 94.0 Å². The van der Waals surface area contributed by atoms with Crippen LogP contribution in [0.2, 0.25) is 0 Å². The SMILES string of the molecule is CCNCCN(CC(=O)N(C)N1Cc2ccsc2C1)C(=O)CNc1cc2c(C)noc2cc1C. The number of amides is 2. The lowest BCUT2D eigenvalue weighted by Crippen LogP contribution is -2.49. The molecule has 0 radical (unpaired) electrons. The van der Waals surface area contributed by atoms with E-state index in [-0.39, 0.29) is 24.9 Å². The van der Waals surface area contributed by atoms with E-state index in [1.54, 1.807) is 28.3 Å². The zero-order valence-electron chi connectivity index (χ0n) is 20.2. The number of likely N-dealkylation sites (N-methyl/N-ethyl adjacent to an activating group) is 2. The first kappa shape index (κ1) is 24.2. The summed E-state index contributed by atoms with van der Waals surface area (Å²) < 4.78 is 5.32. The zero-order chi connectivity index (χ0) is 24.2. The van der Waals surface area contributed by atoms with Crippen LogP contribution >= 0.6 is 11.3 Å². The predicted octanol–water partition coefficient (Wildman–Crippen LogP) is 2.75. The van der Waals surface area contributed by atoms with Crippen molar-refractivity contribution in [3.8, 4) is 0 Å². The van der Waals surface area contributed by atoms with Crippen LogP contribution in [-0.2, 0) is 22.7 Å². The molecule has 0 atom stereocenters. The van der Waals surface area contributed by atoms with E-state index < -0.39 is 0 Å². The number of aromatic nitrogens is 1. The molecule has 34 heavy (non-hydrogen) atoms.